The number of allylic oxidation sites excluding steroid dienone is 28. The fraction of sp³-hybridized carbons (Fsp3) is 0.575. The maximum Gasteiger partial charge on any atom is 0.306 e. The van der Waals surface area contributed by atoms with Crippen molar-refractivity contribution in [1.29, 1.82) is 0 Å². The minimum absolute atomic E-state index is 0.105. The maximum atomic E-state index is 12.9. The van der Waals surface area contributed by atoms with Crippen LogP contribution >= 0.6 is 0 Å². The average molecular weight is 1090 g/mol. The van der Waals surface area contributed by atoms with Crippen molar-refractivity contribution in [2.45, 2.75) is 258 Å². The van der Waals surface area contributed by atoms with Crippen LogP contribution in [-0.4, -0.2) is 37.2 Å². The quantitative estimate of drug-likeness (QED) is 0.0261. The van der Waals surface area contributed by atoms with Crippen molar-refractivity contribution in [3.8, 4) is 0 Å². The fourth-order valence-electron chi connectivity index (χ4n) is 8.06. The van der Waals surface area contributed by atoms with E-state index in [1.165, 1.54) is 64.2 Å². The van der Waals surface area contributed by atoms with E-state index in [0.717, 1.165) is 141 Å². The summed E-state index contributed by atoms with van der Waals surface area (Å²) in [4.78, 5) is 38.1. The summed E-state index contributed by atoms with van der Waals surface area (Å²) in [5.41, 5.74) is 0. The fourth-order valence-corrected chi connectivity index (χ4v) is 8.06. The molecule has 0 spiro atoms. The molecule has 0 amide bonds. The van der Waals surface area contributed by atoms with Gasteiger partial charge in [-0.05, 0) is 128 Å². The van der Waals surface area contributed by atoms with Crippen molar-refractivity contribution < 1.29 is 28.6 Å². The maximum absolute atomic E-state index is 12.9. The first-order valence-corrected chi connectivity index (χ1v) is 31.6. The van der Waals surface area contributed by atoms with E-state index in [4.69, 9.17) is 14.2 Å². The Hall–Kier alpha value is -5.23. The lowest BCUT2D eigenvalue weighted by atomic mass is 10.1. The Morgan fingerprint density at radius 1 is 0.266 bits per heavy atom. The molecule has 0 heterocycles. The summed E-state index contributed by atoms with van der Waals surface area (Å²) in [7, 11) is 0. The second-order valence-corrected chi connectivity index (χ2v) is 20.2. The van der Waals surface area contributed by atoms with E-state index in [1.54, 1.807) is 0 Å². The van der Waals surface area contributed by atoms with Crippen molar-refractivity contribution in [3.63, 3.8) is 0 Å². The molecular weight excluding hydrogens is 973 g/mol. The third-order valence-corrected chi connectivity index (χ3v) is 12.7. The van der Waals surface area contributed by atoms with Gasteiger partial charge in [-0.15, -0.1) is 0 Å². The number of esters is 3. The van der Waals surface area contributed by atoms with Gasteiger partial charge in [0.15, 0.2) is 6.10 Å². The standard InChI is InChI=1S/C73H114O6/c1-4-7-10-13-16-18-20-22-24-26-28-30-32-34-35-36-37-39-40-42-44-46-48-50-52-54-57-60-63-66-72(75)78-69-70(68-77-71(74)65-62-59-56-15-12-9-6-3)79-73(76)67-64-61-58-55-53-51-49-47-45-43-41-38-33-31-29-27-25-23-21-19-17-14-11-8-5-2/h7-8,10-11,16-19,22-25,28-31,34-35,37-39,41-42,44,48,50,54,57,70H,4-6,9,12-15,20-21,26-27,32-33,36,40,43,45-47,49,51-53,55-56,58-69H2,1-3H3/b10-7-,11-8-,18-16-,19-17-,24-22-,25-23-,30-28-,31-29-,35-34-,39-37-,41-38-,44-42-,50-48-,57-54-. The first kappa shape index (κ1) is 73.8. The zero-order valence-corrected chi connectivity index (χ0v) is 50.6. The lowest BCUT2D eigenvalue weighted by Crippen LogP contribution is -2.30. The predicted octanol–water partition coefficient (Wildman–Crippen LogP) is 21.9. The normalized spacial score (nSPS) is 13.3. The summed E-state index contributed by atoms with van der Waals surface area (Å²) in [6.07, 6.45) is 96.7. The zero-order valence-electron chi connectivity index (χ0n) is 50.6. The summed E-state index contributed by atoms with van der Waals surface area (Å²) in [6, 6.07) is 0. The molecule has 0 bridgehead atoms. The number of carbonyl (C=O) groups is 3. The molecule has 0 saturated heterocycles. The molecule has 79 heavy (non-hydrogen) atoms. The number of rotatable bonds is 55. The van der Waals surface area contributed by atoms with Gasteiger partial charge >= 0.3 is 17.9 Å². The Bertz CT molecular complexity index is 1820. The van der Waals surface area contributed by atoms with Crippen LogP contribution in [0.4, 0.5) is 0 Å². The van der Waals surface area contributed by atoms with Crippen molar-refractivity contribution in [2.24, 2.45) is 0 Å². The molecule has 0 aliphatic rings. The van der Waals surface area contributed by atoms with Crippen molar-refractivity contribution in [3.05, 3.63) is 170 Å². The van der Waals surface area contributed by atoms with E-state index >= 15 is 0 Å². The topological polar surface area (TPSA) is 78.9 Å². The van der Waals surface area contributed by atoms with Crippen LogP contribution in [-0.2, 0) is 28.6 Å². The van der Waals surface area contributed by atoms with Gasteiger partial charge in [0.05, 0.1) is 0 Å². The van der Waals surface area contributed by atoms with Crippen molar-refractivity contribution in [2.75, 3.05) is 13.2 Å². The highest BCUT2D eigenvalue weighted by atomic mass is 16.6. The largest absolute Gasteiger partial charge is 0.462 e. The Labute approximate surface area is 485 Å². The van der Waals surface area contributed by atoms with Crippen molar-refractivity contribution in [1.82, 2.24) is 0 Å². The highest BCUT2D eigenvalue weighted by Gasteiger charge is 2.19. The van der Waals surface area contributed by atoms with E-state index in [0.29, 0.717) is 19.3 Å². The lowest BCUT2D eigenvalue weighted by molar-refractivity contribution is -0.167. The molecule has 0 saturated carbocycles. The van der Waals surface area contributed by atoms with Crippen LogP contribution in [0, 0.1) is 0 Å². The molecule has 0 rings (SSSR count). The second kappa shape index (κ2) is 65.3. The van der Waals surface area contributed by atoms with Gasteiger partial charge in [-0.2, -0.15) is 0 Å². The predicted molar refractivity (Wildman–Crippen MR) is 343 cm³/mol. The van der Waals surface area contributed by atoms with Gasteiger partial charge in [0.1, 0.15) is 13.2 Å². The SMILES string of the molecule is CC/C=C\C/C=C\C/C=C\C/C=C\C/C=C\C/C=C\C/C=C\C/C=C\C/C=C\CCCC(=O)OCC(COC(=O)CCCCCCCCC)OC(=O)CCCCCCCCCCC/C=C\C/C=C\C/C=C\C/C=C\C/C=C\CC. The van der Waals surface area contributed by atoms with Crippen LogP contribution in [0.5, 0.6) is 0 Å². The molecule has 0 N–H and O–H groups in total. The number of hydrogen-bond donors (Lipinski definition) is 0. The van der Waals surface area contributed by atoms with Crippen LogP contribution < -0.4 is 0 Å². The first-order valence-electron chi connectivity index (χ1n) is 31.6. The van der Waals surface area contributed by atoms with E-state index in [-0.39, 0.29) is 37.5 Å². The molecule has 6 heteroatoms. The van der Waals surface area contributed by atoms with Crippen molar-refractivity contribution >= 4 is 17.9 Å². The van der Waals surface area contributed by atoms with Gasteiger partial charge in [0, 0.05) is 19.3 Å². The molecule has 0 aromatic carbocycles. The number of carbonyl (C=O) groups excluding carboxylic acids is 3. The van der Waals surface area contributed by atoms with Crippen LogP contribution in [0.15, 0.2) is 170 Å². The number of unbranched alkanes of at least 4 members (excludes halogenated alkanes) is 16. The second-order valence-electron chi connectivity index (χ2n) is 20.2. The minimum atomic E-state index is -0.811. The Morgan fingerprint density at radius 2 is 0.506 bits per heavy atom. The van der Waals surface area contributed by atoms with E-state index in [9.17, 15) is 14.4 Å². The highest BCUT2D eigenvalue weighted by molar-refractivity contribution is 5.71. The zero-order chi connectivity index (χ0) is 57.1. The summed E-state index contributed by atoms with van der Waals surface area (Å²) < 4.78 is 16.8. The summed E-state index contributed by atoms with van der Waals surface area (Å²) in [5, 5.41) is 0. The van der Waals surface area contributed by atoms with E-state index in [1.807, 2.05) is 0 Å². The molecule has 0 fully saturated rings. The third-order valence-electron chi connectivity index (χ3n) is 12.7. The molecule has 0 aromatic rings. The summed E-state index contributed by atoms with van der Waals surface area (Å²) in [5.74, 6) is -0.987. The number of ether oxygens (including phenoxy) is 3. The molecule has 1 atom stereocenters. The van der Waals surface area contributed by atoms with Gasteiger partial charge < -0.3 is 14.2 Å². The van der Waals surface area contributed by atoms with Gasteiger partial charge in [-0.1, -0.05) is 274 Å². The highest BCUT2D eigenvalue weighted by Crippen LogP contribution is 2.14. The lowest BCUT2D eigenvalue weighted by Gasteiger charge is -2.18. The molecule has 442 valence electrons. The summed E-state index contributed by atoms with van der Waals surface area (Å²) in [6.45, 7) is 6.30. The van der Waals surface area contributed by atoms with Gasteiger partial charge in [0.2, 0.25) is 0 Å². The Balaban J connectivity index is 4.31. The van der Waals surface area contributed by atoms with Crippen LogP contribution in [0.25, 0.3) is 0 Å². The molecule has 0 aromatic heterocycles. The molecular formula is C73H114O6. The Morgan fingerprint density at radius 3 is 0.823 bits per heavy atom. The molecule has 1 unspecified atom stereocenters. The number of hydrogen-bond acceptors (Lipinski definition) is 6. The Kier molecular flexibility index (Phi) is 61.0. The first-order chi connectivity index (χ1) is 39.0. The van der Waals surface area contributed by atoms with E-state index in [2.05, 4.69) is 191 Å². The minimum Gasteiger partial charge on any atom is -0.462 e. The average Bonchev–Trinajstić information content (AvgIpc) is 3.45. The van der Waals surface area contributed by atoms with Gasteiger partial charge in [0.25, 0.3) is 0 Å². The molecule has 0 radical (unpaired) electrons. The summed E-state index contributed by atoms with van der Waals surface area (Å²) >= 11 is 0. The van der Waals surface area contributed by atoms with E-state index < -0.39 is 6.10 Å². The molecule has 0 aliphatic heterocycles. The third kappa shape index (κ3) is 63.5. The smallest absolute Gasteiger partial charge is 0.306 e. The van der Waals surface area contributed by atoms with Crippen LogP contribution in [0.1, 0.15) is 252 Å². The van der Waals surface area contributed by atoms with Crippen LogP contribution in [0.2, 0.25) is 0 Å². The molecule has 0 aliphatic carbocycles. The molecule has 6 nitrogen and oxygen atoms in total. The monoisotopic (exact) mass is 1090 g/mol. The van der Waals surface area contributed by atoms with Crippen LogP contribution in [0.3, 0.4) is 0 Å². The van der Waals surface area contributed by atoms with Gasteiger partial charge in [-0.3, -0.25) is 14.4 Å². The van der Waals surface area contributed by atoms with Gasteiger partial charge in [-0.25, -0.2) is 0 Å².